The summed E-state index contributed by atoms with van der Waals surface area (Å²) in [6.45, 7) is 4.34. The number of halogens is 1. The second-order valence-corrected chi connectivity index (χ2v) is 16.5. The number of nitro groups is 1. The van der Waals surface area contributed by atoms with Crippen molar-refractivity contribution in [2.75, 3.05) is 49.5 Å². The number of nitrogen functional groups attached to an aromatic ring is 1. The molecule has 68 heavy (non-hydrogen) atoms. The van der Waals surface area contributed by atoms with Gasteiger partial charge in [0.25, 0.3) is 5.69 Å². The van der Waals surface area contributed by atoms with Gasteiger partial charge in [-0.15, -0.1) is 0 Å². The number of carboxylic acid groups (broad SMARTS) is 6. The highest BCUT2D eigenvalue weighted by Crippen LogP contribution is 2.42. The van der Waals surface area contributed by atoms with Crippen molar-refractivity contribution in [2.45, 2.75) is 37.8 Å². The molecule has 26 heteroatoms. The van der Waals surface area contributed by atoms with Gasteiger partial charge >= 0.3 is 35.8 Å². The Bertz CT molecular complexity index is 2580. The summed E-state index contributed by atoms with van der Waals surface area (Å²) in [5.41, 5.74) is 7.04. The lowest BCUT2D eigenvalue weighted by Gasteiger charge is -2.41. The van der Waals surface area contributed by atoms with Crippen LogP contribution in [0.1, 0.15) is 31.7 Å². The fraction of sp³-hybridized carbons (Fsp3) is 0.286. The molecular weight excluding hydrogens is 924 g/mol. The van der Waals surface area contributed by atoms with Gasteiger partial charge in [0.05, 0.1) is 22.3 Å². The Labute approximate surface area is 386 Å². The van der Waals surface area contributed by atoms with E-state index in [0.29, 0.717) is 69.0 Å². The van der Waals surface area contributed by atoms with Crippen molar-refractivity contribution in [1.29, 1.82) is 0 Å². The van der Waals surface area contributed by atoms with Crippen LogP contribution in [0.4, 0.5) is 27.3 Å². The number of hydrogen-bond acceptors (Lipinski definition) is 15. The second-order valence-electron chi connectivity index (χ2n) is 14.7. The second kappa shape index (κ2) is 25.0. The summed E-state index contributed by atoms with van der Waals surface area (Å²) in [6, 6.07) is 10.2. The van der Waals surface area contributed by atoms with Crippen LogP contribution in [-0.2, 0) is 38.8 Å². The van der Waals surface area contributed by atoms with E-state index in [2.05, 4.69) is 31.4 Å². The maximum atomic E-state index is 15.9. The summed E-state index contributed by atoms with van der Waals surface area (Å²) in [6.07, 6.45) is 11.7. The third kappa shape index (κ3) is 16.4. The van der Waals surface area contributed by atoms with Crippen LogP contribution in [0.2, 0.25) is 0 Å². The number of carbonyl (C=O) groups is 6. The lowest BCUT2D eigenvalue weighted by atomic mass is 9.89. The fourth-order valence-corrected chi connectivity index (χ4v) is 8.06. The van der Waals surface area contributed by atoms with Crippen molar-refractivity contribution in [3.63, 3.8) is 0 Å². The predicted molar refractivity (Wildman–Crippen MR) is 241 cm³/mol. The lowest BCUT2D eigenvalue weighted by Crippen LogP contribution is -2.49. The minimum atomic E-state index is -4.16. The van der Waals surface area contributed by atoms with E-state index in [9.17, 15) is 47.3 Å². The molecule has 364 valence electrons. The van der Waals surface area contributed by atoms with Gasteiger partial charge in [0.15, 0.2) is 0 Å². The predicted octanol–water partition coefficient (Wildman–Crippen LogP) is 3.69. The van der Waals surface area contributed by atoms with Crippen molar-refractivity contribution in [1.82, 2.24) is 24.3 Å². The molecule has 0 radical (unpaired) electrons. The third-order valence-electron chi connectivity index (χ3n) is 9.96. The number of aliphatic carboxylic acids is 6. The number of benzene rings is 2. The van der Waals surface area contributed by atoms with E-state index in [1.165, 1.54) is 42.7 Å². The zero-order valence-electron chi connectivity index (χ0n) is 36.2. The van der Waals surface area contributed by atoms with Crippen LogP contribution < -0.4 is 10.0 Å². The molecule has 0 atom stereocenters. The summed E-state index contributed by atoms with van der Waals surface area (Å²) >= 11 is 0. The normalized spacial score (nSPS) is 16.4. The molecule has 2 aromatic carbocycles. The smallest absolute Gasteiger partial charge is 0.328 e. The first kappa shape index (κ1) is 54.2. The van der Waals surface area contributed by atoms with E-state index in [-0.39, 0.29) is 23.2 Å². The number of fused-ring (bicyclic) bond motifs is 1. The first-order valence-corrected chi connectivity index (χ1v) is 21.7. The minimum absolute atomic E-state index is 0.188. The molecule has 1 aliphatic carbocycles. The van der Waals surface area contributed by atoms with E-state index < -0.39 is 62.3 Å². The highest BCUT2D eigenvalue weighted by molar-refractivity contribution is 7.92. The first-order chi connectivity index (χ1) is 31.9. The van der Waals surface area contributed by atoms with Crippen LogP contribution in [0, 0.1) is 15.9 Å². The number of likely N-dealkylation sites (N-methyl/N-ethyl adjacent to an activating group) is 1. The van der Waals surface area contributed by atoms with Crippen LogP contribution in [0.5, 0.6) is 0 Å². The SMILES string of the molecule is CN1CCN(C2CCC(n3cc(-c4ccc(N(c5ccccc5[N+](=O)[O-])S(C)(=O)=O)c(F)c4)c4c(N)ncnc43)CC2)CC1.O=C(O)/C=C\C(=O)O.O=C(O)/C=C\C(=O)O.O=C(O)/C=C\C(=O)O. The number of rotatable bonds is 13. The highest BCUT2D eigenvalue weighted by Gasteiger charge is 2.32. The summed E-state index contributed by atoms with van der Waals surface area (Å²) in [4.78, 5) is 82.0. The van der Waals surface area contributed by atoms with E-state index in [1.54, 1.807) is 6.07 Å². The molecule has 2 aliphatic rings. The van der Waals surface area contributed by atoms with Gasteiger partial charge in [-0.1, -0.05) is 18.2 Å². The lowest BCUT2D eigenvalue weighted by molar-refractivity contribution is -0.384. The van der Waals surface area contributed by atoms with Crippen molar-refractivity contribution in [3.8, 4) is 11.1 Å². The van der Waals surface area contributed by atoms with Gasteiger partial charge < -0.3 is 45.8 Å². The Balaban J connectivity index is 0.000000419. The standard InChI is InChI=1S/C30H35FN8O4S.3C4H4O4/c1-35-13-15-36(16-14-35)21-8-10-22(11-9-21)37-18-23(28-29(32)33-19-34-30(28)37)20-7-12-25(24(31)17-20)38(44(2,42)43)26-5-3-4-6-27(26)39(40)41;3*5-3(6)1-2-4(7)8/h3-7,12,17-19,21-22H,8-11,13-16H2,1-2H3,(H2,32,33,34);3*1-2H,(H,5,6)(H,7,8)/b;3*2-1-. The molecule has 4 aromatic rings. The topological polar surface area (TPSA) is 368 Å². The van der Waals surface area contributed by atoms with E-state index in [0.717, 1.165) is 58.1 Å². The van der Waals surface area contributed by atoms with Gasteiger partial charge in [-0.3, -0.25) is 15.0 Å². The van der Waals surface area contributed by atoms with Gasteiger partial charge in [0, 0.05) is 92.5 Å². The van der Waals surface area contributed by atoms with Gasteiger partial charge in [-0.25, -0.2) is 55.8 Å². The molecule has 2 aromatic heterocycles. The quantitative estimate of drug-likeness (QED) is 0.0570. The number of anilines is 3. The molecule has 0 unspecified atom stereocenters. The summed E-state index contributed by atoms with van der Waals surface area (Å²) in [5.74, 6) is -8.15. The van der Waals surface area contributed by atoms with Crippen molar-refractivity contribution in [2.24, 2.45) is 0 Å². The fourth-order valence-electron chi connectivity index (χ4n) is 7.04. The molecule has 2 fully saturated rings. The Morgan fingerprint density at radius 3 is 1.66 bits per heavy atom. The third-order valence-corrected chi connectivity index (χ3v) is 11.0. The molecular formula is C42H47FN8O16S. The van der Waals surface area contributed by atoms with Crippen LogP contribution in [0.15, 0.2) is 91.4 Å². The van der Waals surface area contributed by atoms with Crippen LogP contribution >= 0.6 is 0 Å². The maximum absolute atomic E-state index is 15.9. The monoisotopic (exact) mass is 970 g/mol. The number of para-hydroxylation sites is 2. The van der Waals surface area contributed by atoms with Crippen LogP contribution in [0.3, 0.4) is 0 Å². The number of sulfonamides is 1. The van der Waals surface area contributed by atoms with E-state index in [1.807, 2.05) is 6.20 Å². The van der Waals surface area contributed by atoms with E-state index in [4.69, 9.17) is 36.4 Å². The molecule has 0 spiro atoms. The molecule has 1 saturated heterocycles. The molecule has 0 bridgehead atoms. The molecule has 1 aliphatic heterocycles. The summed E-state index contributed by atoms with van der Waals surface area (Å²) in [5, 5.41) is 59.1. The number of nitrogens with zero attached hydrogens (tertiary/aromatic N) is 7. The maximum Gasteiger partial charge on any atom is 0.328 e. The average molecular weight is 971 g/mol. The molecule has 1 saturated carbocycles. The van der Waals surface area contributed by atoms with Gasteiger partial charge in [0.2, 0.25) is 10.0 Å². The summed E-state index contributed by atoms with van der Waals surface area (Å²) < 4.78 is 44.4. The molecule has 8 N–H and O–H groups in total. The van der Waals surface area contributed by atoms with Gasteiger partial charge in [0.1, 0.15) is 29.3 Å². The number of hydrogen-bond donors (Lipinski definition) is 7. The first-order valence-electron chi connectivity index (χ1n) is 19.9. The van der Waals surface area contributed by atoms with Crippen LogP contribution in [0.25, 0.3) is 22.2 Å². The molecule has 0 amide bonds. The van der Waals surface area contributed by atoms with Gasteiger partial charge in [-0.2, -0.15) is 0 Å². The number of nitro benzene ring substituents is 1. The zero-order chi connectivity index (χ0) is 50.9. The van der Waals surface area contributed by atoms with Crippen molar-refractivity contribution < 1.29 is 77.1 Å². The molecule has 3 heterocycles. The van der Waals surface area contributed by atoms with Crippen LogP contribution in [-0.4, -0.2) is 150 Å². The average Bonchev–Trinajstić information content (AvgIpc) is 3.66. The number of piperazine rings is 1. The number of nitrogens with two attached hydrogens (primary N) is 1. The van der Waals surface area contributed by atoms with Crippen molar-refractivity contribution >= 4 is 79.8 Å². The van der Waals surface area contributed by atoms with E-state index >= 15 is 4.39 Å². The Morgan fingerprint density at radius 2 is 1.22 bits per heavy atom. The highest BCUT2D eigenvalue weighted by atomic mass is 32.2. The minimum Gasteiger partial charge on any atom is -0.478 e. The zero-order valence-corrected chi connectivity index (χ0v) is 37.0. The number of carboxylic acids is 6. The van der Waals surface area contributed by atoms with Crippen molar-refractivity contribution in [3.05, 3.63) is 107 Å². The Hall–Kier alpha value is -8.10. The molecule has 24 nitrogen and oxygen atoms in total. The Morgan fingerprint density at radius 1 is 0.750 bits per heavy atom. The van der Waals surface area contributed by atoms with Gasteiger partial charge in [-0.05, 0) is 56.5 Å². The molecule has 6 rings (SSSR count). The largest absolute Gasteiger partial charge is 0.478 e. The Kier molecular flexibility index (Phi) is 19.9. The number of aromatic nitrogens is 3. The summed E-state index contributed by atoms with van der Waals surface area (Å²) in [7, 11) is -2.00.